The fourth-order valence-corrected chi connectivity index (χ4v) is 1.54. The highest BCUT2D eigenvalue weighted by molar-refractivity contribution is 6.30. The number of halogens is 2. The van der Waals surface area contributed by atoms with Crippen molar-refractivity contribution in [1.82, 2.24) is 9.97 Å². The number of hydrogen-bond acceptors (Lipinski definition) is 4. The molecule has 0 radical (unpaired) electrons. The largest absolute Gasteiger partial charge is 0.397 e. The molecule has 2 aromatic rings. The summed E-state index contributed by atoms with van der Waals surface area (Å²) in [5.74, 6) is -0.0386. The summed E-state index contributed by atoms with van der Waals surface area (Å²) in [6.45, 7) is 0. The zero-order valence-corrected chi connectivity index (χ0v) is 10.5. The molecule has 92 valence electrons. The maximum Gasteiger partial charge on any atom is 0.259 e. The Morgan fingerprint density at radius 2 is 2.00 bits per heavy atom. The predicted molar refractivity (Wildman–Crippen MR) is 70.9 cm³/mol. The van der Waals surface area contributed by atoms with E-state index in [-0.39, 0.29) is 16.4 Å². The van der Waals surface area contributed by atoms with Crippen molar-refractivity contribution >= 4 is 40.6 Å². The molecule has 0 fully saturated rings. The smallest absolute Gasteiger partial charge is 0.259 e. The molecule has 0 bridgehead atoms. The van der Waals surface area contributed by atoms with Crippen molar-refractivity contribution in [2.75, 3.05) is 11.1 Å². The van der Waals surface area contributed by atoms with E-state index < -0.39 is 5.91 Å². The number of carbonyl (C=O) groups is 1. The maximum absolute atomic E-state index is 11.9. The number of rotatable bonds is 2. The Bertz CT molecular complexity index is 586. The molecule has 2 heterocycles. The zero-order valence-electron chi connectivity index (χ0n) is 9.02. The van der Waals surface area contributed by atoms with Crippen molar-refractivity contribution in [2.24, 2.45) is 0 Å². The molecule has 0 aliphatic heterocycles. The number of nitrogens with two attached hydrogens (primary N) is 1. The molecule has 5 nitrogen and oxygen atoms in total. The SMILES string of the molecule is Nc1cnc(Cl)cc1C(=O)Nc1ccc(Cl)cn1. The van der Waals surface area contributed by atoms with Crippen LogP contribution in [0.3, 0.4) is 0 Å². The summed E-state index contributed by atoms with van der Waals surface area (Å²) in [6, 6.07) is 4.59. The monoisotopic (exact) mass is 282 g/mol. The van der Waals surface area contributed by atoms with Gasteiger partial charge in [0.15, 0.2) is 0 Å². The molecule has 0 unspecified atom stereocenters. The Kier molecular flexibility index (Phi) is 3.64. The van der Waals surface area contributed by atoms with Gasteiger partial charge in [0.05, 0.1) is 22.5 Å². The molecule has 2 rings (SSSR count). The summed E-state index contributed by atoms with van der Waals surface area (Å²) in [7, 11) is 0. The lowest BCUT2D eigenvalue weighted by atomic mass is 10.2. The molecule has 18 heavy (non-hydrogen) atoms. The van der Waals surface area contributed by atoms with Crippen molar-refractivity contribution in [2.45, 2.75) is 0 Å². The van der Waals surface area contributed by atoms with Crippen LogP contribution < -0.4 is 11.1 Å². The lowest BCUT2D eigenvalue weighted by Gasteiger charge is -2.06. The van der Waals surface area contributed by atoms with E-state index in [1.54, 1.807) is 12.1 Å². The third kappa shape index (κ3) is 2.88. The molecular weight excluding hydrogens is 275 g/mol. The lowest BCUT2D eigenvalue weighted by Crippen LogP contribution is -2.15. The highest BCUT2D eigenvalue weighted by atomic mass is 35.5. The Balaban J connectivity index is 2.21. The van der Waals surface area contributed by atoms with Crippen LogP contribution in [0, 0.1) is 0 Å². The Morgan fingerprint density at radius 1 is 1.22 bits per heavy atom. The van der Waals surface area contributed by atoms with Crippen LogP contribution in [0.2, 0.25) is 10.2 Å². The Morgan fingerprint density at radius 3 is 2.67 bits per heavy atom. The van der Waals surface area contributed by atoms with Gasteiger partial charge < -0.3 is 11.1 Å². The number of anilines is 2. The van der Waals surface area contributed by atoms with Gasteiger partial charge in [-0.25, -0.2) is 9.97 Å². The number of pyridine rings is 2. The van der Waals surface area contributed by atoms with E-state index in [0.29, 0.717) is 10.8 Å². The molecule has 0 aliphatic carbocycles. The molecule has 7 heteroatoms. The van der Waals surface area contributed by atoms with E-state index >= 15 is 0 Å². The van der Waals surface area contributed by atoms with Crippen molar-refractivity contribution in [3.8, 4) is 0 Å². The minimum atomic E-state index is -0.411. The van der Waals surface area contributed by atoms with Crippen LogP contribution >= 0.6 is 23.2 Å². The van der Waals surface area contributed by atoms with E-state index in [9.17, 15) is 4.79 Å². The third-order valence-electron chi connectivity index (χ3n) is 2.12. The molecule has 0 spiro atoms. The van der Waals surface area contributed by atoms with E-state index in [0.717, 1.165) is 0 Å². The second kappa shape index (κ2) is 5.20. The molecule has 0 saturated carbocycles. The first kappa shape index (κ1) is 12.6. The highest BCUT2D eigenvalue weighted by Crippen LogP contribution is 2.17. The van der Waals surface area contributed by atoms with Gasteiger partial charge in [0.25, 0.3) is 5.91 Å². The van der Waals surface area contributed by atoms with Crippen LogP contribution in [0.5, 0.6) is 0 Å². The van der Waals surface area contributed by atoms with Crippen molar-refractivity contribution in [3.63, 3.8) is 0 Å². The number of carbonyl (C=O) groups excluding carboxylic acids is 1. The summed E-state index contributed by atoms with van der Waals surface area (Å²) in [6.07, 6.45) is 2.76. The normalized spacial score (nSPS) is 10.1. The van der Waals surface area contributed by atoms with E-state index in [2.05, 4.69) is 15.3 Å². The number of hydrogen-bond donors (Lipinski definition) is 2. The predicted octanol–water partition coefficient (Wildman–Crippen LogP) is 2.62. The van der Waals surface area contributed by atoms with Crippen LogP contribution in [0.15, 0.2) is 30.6 Å². The molecule has 0 saturated heterocycles. The third-order valence-corrected chi connectivity index (χ3v) is 2.55. The maximum atomic E-state index is 11.9. The van der Waals surface area contributed by atoms with Crippen LogP contribution in [-0.2, 0) is 0 Å². The molecule has 1 amide bonds. The molecule has 3 N–H and O–H groups in total. The van der Waals surface area contributed by atoms with Gasteiger partial charge in [-0.2, -0.15) is 0 Å². The summed E-state index contributed by atoms with van der Waals surface area (Å²) < 4.78 is 0. The number of nitrogens with zero attached hydrogens (tertiary/aromatic N) is 2. The number of nitrogen functional groups attached to an aromatic ring is 1. The highest BCUT2D eigenvalue weighted by Gasteiger charge is 2.11. The van der Waals surface area contributed by atoms with Gasteiger partial charge in [0.2, 0.25) is 0 Å². The average molecular weight is 283 g/mol. The Labute approximate surface area is 113 Å². The van der Waals surface area contributed by atoms with Crippen molar-refractivity contribution in [3.05, 3.63) is 46.3 Å². The summed E-state index contributed by atoms with van der Waals surface area (Å²) >= 11 is 11.4. The second-order valence-electron chi connectivity index (χ2n) is 3.41. The number of amides is 1. The quantitative estimate of drug-likeness (QED) is 0.830. The van der Waals surface area contributed by atoms with E-state index in [1.807, 2.05) is 0 Å². The summed E-state index contributed by atoms with van der Waals surface area (Å²) in [5, 5.41) is 3.26. The van der Waals surface area contributed by atoms with Crippen LogP contribution in [-0.4, -0.2) is 15.9 Å². The average Bonchev–Trinajstić information content (AvgIpc) is 2.35. The van der Waals surface area contributed by atoms with Gasteiger partial charge in [0, 0.05) is 6.20 Å². The van der Waals surface area contributed by atoms with E-state index in [1.165, 1.54) is 18.5 Å². The van der Waals surface area contributed by atoms with Gasteiger partial charge >= 0.3 is 0 Å². The van der Waals surface area contributed by atoms with Gasteiger partial charge in [-0.1, -0.05) is 23.2 Å². The summed E-state index contributed by atoms with van der Waals surface area (Å²) in [5.41, 5.74) is 6.13. The minimum absolute atomic E-state index is 0.193. The Hall–Kier alpha value is -1.85. The van der Waals surface area contributed by atoms with Gasteiger partial charge in [-0.05, 0) is 18.2 Å². The van der Waals surface area contributed by atoms with Crippen molar-refractivity contribution < 1.29 is 4.79 Å². The van der Waals surface area contributed by atoms with Crippen LogP contribution in [0.25, 0.3) is 0 Å². The molecule has 0 aliphatic rings. The fourth-order valence-electron chi connectivity index (χ4n) is 1.27. The van der Waals surface area contributed by atoms with Gasteiger partial charge in [0.1, 0.15) is 11.0 Å². The summed E-state index contributed by atoms with van der Waals surface area (Å²) in [4.78, 5) is 19.6. The topological polar surface area (TPSA) is 80.9 Å². The standard InChI is InChI=1S/C11H8Cl2N4O/c12-6-1-2-10(16-4-6)17-11(18)7-3-9(13)15-5-8(7)14/h1-5H,14H2,(H,16,17,18). The second-order valence-corrected chi connectivity index (χ2v) is 4.23. The first-order chi connectivity index (χ1) is 8.56. The van der Waals surface area contributed by atoms with Crippen molar-refractivity contribution in [1.29, 1.82) is 0 Å². The molecule has 0 aromatic carbocycles. The van der Waals surface area contributed by atoms with Crippen LogP contribution in [0.1, 0.15) is 10.4 Å². The molecule has 0 atom stereocenters. The van der Waals surface area contributed by atoms with E-state index in [4.69, 9.17) is 28.9 Å². The molecule has 2 aromatic heterocycles. The first-order valence-corrected chi connectivity index (χ1v) is 5.66. The number of nitrogens with one attached hydrogen (secondary N) is 1. The van der Waals surface area contributed by atoms with Gasteiger partial charge in [-0.3, -0.25) is 4.79 Å². The minimum Gasteiger partial charge on any atom is -0.397 e. The molecular formula is C11H8Cl2N4O. The zero-order chi connectivity index (χ0) is 13.1. The van der Waals surface area contributed by atoms with Gasteiger partial charge in [-0.15, -0.1) is 0 Å². The first-order valence-electron chi connectivity index (χ1n) is 4.90. The number of aromatic nitrogens is 2. The fraction of sp³-hybridized carbons (Fsp3) is 0. The lowest BCUT2D eigenvalue weighted by molar-refractivity contribution is 0.102. The van der Waals surface area contributed by atoms with Crippen LogP contribution in [0.4, 0.5) is 11.5 Å².